The molecule has 4 rings (SSSR count). The highest BCUT2D eigenvalue weighted by atomic mass is 16.5. The number of carbonyl (C=O) groups is 1. The quantitative estimate of drug-likeness (QED) is 0.767. The summed E-state index contributed by atoms with van der Waals surface area (Å²) in [6, 6.07) is 0. The van der Waals surface area contributed by atoms with Crippen LogP contribution in [0.15, 0.2) is 0 Å². The second-order valence-corrected chi connectivity index (χ2v) is 9.56. The van der Waals surface area contributed by atoms with E-state index in [0.29, 0.717) is 24.2 Å². The van der Waals surface area contributed by atoms with Crippen molar-refractivity contribution in [2.75, 3.05) is 39.3 Å². The molecular weight excluding hydrogens is 326 g/mol. The number of piperidine rings is 1. The zero-order chi connectivity index (χ0) is 18.1. The van der Waals surface area contributed by atoms with Crippen molar-refractivity contribution in [2.24, 2.45) is 23.7 Å². The summed E-state index contributed by atoms with van der Waals surface area (Å²) in [6.07, 6.45) is 8.11. The molecule has 2 N–H and O–H groups in total. The van der Waals surface area contributed by atoms with Gasteiger partial charge in [0.15, 0.2) is 0 Å². The Labute approximate surface area is 158 Å². The molecule has 0 aromatic heterocycles. The molecule has 4 aliphatic rings. The molecular formula is C21H38N3O2+. The summed E-state index contributed by atoms with van der Waals surface area (Å²) in [4.78, 5) is 17.5. The molecule has 26 heavy (non-hydrogen) atoms. The first kappa shape index (κ1) is 18.7. The fourth-order valence-electron chi connectivity index (χ4n) is 6.18. The number of ether oxygens (including phenoxy) is 1. The minimum atomic E-state index is 0.0492. The summed E-state index contributed by atoms with van der Waals surface area (Å²) in [7, 11) is 0. The average Bonchev–Trinajstić information content (AvgIpc) is 2.64. The lowest BCUT2D eigenvalue weighted by Crippen LogP contribution is -2.95. The van der Waals surface area contributed by atoms with Crippen LogP contribution in [-0.4, -0.2) is 67.3 Å². The predicted molar refractivity (Wildman–Crippen MR) is 101 cm³/mol. The third kappa shape index (κ3) is 4.10. The van der Waals surface area contributed by atoms with Gasteiger partial charge < -0.3 is 15.0 Å². The molecule has 4 fully saturated rings. The largest absolute Gasteiger partial charge is 0.462 e. The highest BCUT2D eigenvalue weighted by Crippen LogP contribution is 2.43. The molecule has 3 aliphatic heterocycles. The van der Waals surface area contributed by atoms with Crippen molar-refractivity contribution in [2.45, 2.75) is 64.6 Å². The number of hydrogen-bond donors (Lipinski definition) is 1. The van der Waals surface area contributed by atoms with E-state index >= 15 is 0 Å². The highest BCUT2D eigenvalue weighted by Gasteiger charge is 2.45. The third-order valence-corrected chi connectivity index (χ3v) is 7.49. The Morgan fingerprint density at radius 3 is 2.65 bits per heavy atom. The van der Waals surface area contributed by atoms with Crippen LogP contribution in [-0.2, 0) is 9.53 Å². The van der Waals surface area contributed by atoms with Crippen molar-refractivity contribution in [3.05, 3.63) is 0 Å². The molecule has 0 spiro atoms. The Morgan fingerprint density at radius 2 is 1.92 bits per heavy atom. The molecule has 5 nitrogen and oxygen atoms in total. The summed E-state index contributed by atoms with van der Waals surface area (Å²) >= 11 is 0. The molecule has 5 heteroatoms. The number of fused-ring (bicyclic) bond motifs is 1. The van der Waals surface area contributed by atoms with Gasteiger partial charge in [0, 0.05) is 51.5 Å². The van der Waals surface area contributed by atoms with Crippen LogP contribution >= 0.6 is 0 Å². The van der Waals surface area contributed by atoms with E-state index in [9.17, 15) is 4.79 Å². The summed E-state index contributed by atoms with van der Waals surface area (Å²) in [5.74, 6) is 2.42. The van der Waals surface area contributed by atoms with Gasteiger partial charge >= 0.3 is 5.97 Å². The highest BCUT2D eigenvalue weighted by molar-refractivity contribution is 5.71. The van der Waals surface area contributed by atoms with Crippen molar-refractivity contribution in [3.63, 3.8) is 0 Å². The van der Waals surface area contributed by atoms with E-state index in [0.717, 1.165) is 18.6 Å². The van der Waals surface area contributed by atoms with Gasteiger partial charge in [-0.1, -0.05) is 13.8 Å². The molecule has 1 saturated carbocycles. The molecule has 1 aliphatic carbocycles. The number of nitrogens with zero attached hydrogens (tertiary/aromatic N) is 2. The number of piperazine rings is 1. The van der Waals surface area contributed by atoms with Crippen LogP contribution in [0.1, 0.15) is 52.4 Å². The van der Waals surface area contributed by atoms with E-state index in [1.54, 1.807) is 0 Å². The van der Waals surface area contributed by atoms with Gasteiger partial charge in [-0.2, -0.15) is 0 Å². The lowest BCUT2D eigenvalue weighted by atomic mass is 9.67. The predicted octanol–water partition coefficient (Wildman–Crippen LogP) is 1.29. The maximum absolute atomic E-state index is 12.2. The number of hydrogen-bond acceptors (Lipinski definition) is 4. The molecule has 148 valence electrons. The summed E-state index contributed by atoms with van der Waals surface area (Å²) in [5, 5.41) is 2.55. The van der Waals surface area contributed by atoms with Crippen molar-refractivity contribution in [1.29, 1.82) is 0 Å². The fourth-order valence-corrected chi connectivity index (χ4v) is 6.18. The molecule has 6 unspecified atom stereocenters. The van der Waals surface area contributed by atoms with E-state index in [2.05, 4.69) is 29.0 Å². The van der Waals surface area contributed by atoms with Gasteiger partial charge in [0.2, 0.25) is 0 Å². The van der Waals surface area contributed by atoms with Gasteiger partial charge in [-0.25, -0.2) is 0 Å². The van der Waals surface area contributed by atoms with Gasteiger partial charge in [0.1, 0.15) is 12.3 Å². The van der Waals surface area contributed by atoms with Crippen molar-refractivity contribution in [3.8, 4) is 0 Å². The van der Waals surface area contributed by atoms with Crippen LogP contribution in [0.2, 0.25) is 0 Å². The maximum Gasteiger partial charge on any atom is 0.306 e. The van der Waals surface area contributed by atoms with Crippen LogP contribution < -0.4 is 5.32 Å². The maximum atomic E-state index is 12.2. The lowest BCUT2D eigenvalue weighted by Gasteiger charge is -2.47. The first-order chi connectivity index (χ1) is 12.6. The Balaban J connectivity index is 1.32. The molecule has 6 atom stereocenters. The minimum Gasteiger partial charge on any atom is -0.462 e. The minimum absolute atomic E-state index is 0.0492. The van der Waals surface area contributed by atoms with E-state index in [1.165, 1.54) is 64.8 Å². The lowest BCUT2D eigenvalue weighted by molar-refractivity contribution is -0.717. The molecule has 3 heterocycles. The van der Waals surface area contributed by atoms with E-state index < -0.39 is 0 Å². The van der Waals surface area contributed by atoms with Crippen molar-refractivity contribution >= 4 is 5.97 Å². The second-order valence-electron chi connectivity index (χ2n) is 9.56. The first-order valence-electron chi connectivity index (χ1n) is 11.1. The van der Waals surface area contributed by atoms with E-state index in [-0.39, 0.29) is 12.1 Å². The summed E-state index contributed by atoms with van der Waals surface area (Å²) in [6.45, 7) is 11.8. The van der Waals surface area contributed by atoms with Gasteiger partial charge in [-0.15, -0.1) is 0 Å². The molecule has 0 radical (unpaired) electrons. The average molecular weight is 365 g/mol. The van der Waals surface area contributed by atoms with Crippen LogP contribution in [0.3, 0.4) is 0 Å². The van der Waals surface area contributed by atoms with Crippen molar-refractivity contribution in [1.82, 2.24) is 9.80 Å². The standard InChI is InChI=1S/C21H37N3O2/c1-15-11-16(2)21-18(12-15)17(13-20(25)26-21)14-23-7-9-24(10-8-23)19-5-3-4-6-22-19/h15-19,21-22H,3-14H2,1-2H3/p+1. The summed E-state index contributed by atoms with van der Waals surface area (Å²) < 4.78 is 5.80. The molecule has 0 aromatic carbocycles. The monoisotopic (exact) mass is 364 g/mol. The van der Waals surface area contributed by atoms with Crippen LogP contribution in [0.5, 0.6) is 0 Å². The smallest absolute Gasteiger partial charge is 0.306 e. The first-order valence-corrected chi connectivity index (χ1v) is 11.1. The van der Waals surface area contributed by atoms with E-state index in [4.69, 9.17) is 4.74 Å². The molecule has 0 bridgehead atoms. The normalized spacial score (nSPS) is 42.9. The topological polar surface area (TPSA) is 49.4 Å². The number of esters is 1. The SMILES string of the molecule is CC1CC(C)C2OC(=O)CC(CN3CCN(C4CCCC[NH2+]4)CC3)C2C1. The molecule has 0 amide bonds. The zero-order valence-corrected chi connectivity index (χ0v) is 16.7. The zero-order valence-electron chi connectivity index (χ0n) is 16.7. The Hall–Kier alpha value is -0.650. The summed E-state index contributed by atoms with van der Waals surface area (Å²) in [5.41, 5.74) is 0. The van der Waals surface area contributed by atoms with E-state index in [1.807, 2.05) is 0 Å². The third-order valence-electron chi connectivity index (χ3n) is 7.49. The Bertz CT molecular complexity index is 486. The molecule has 3 saturated heterocycles. The van der Waals surface area contributed by atoms with Crippen LogP contribution in [0, 0.1) is 23.7 Å². The fraction of sp³-hybridized carbons (Fsp3) is 0.952. The number of nitrogens with two attached hydrogens (primary N) is 1. The van der Waals surface area contributed by atoms with Gasteiger partial charge in [-0.3, -0.25) is 9.69 Å². The van der Waals surface area contributed by atoms with Crippen molar-refractivity contribution < 1.29 is 14.8 Å². The number of carbonyl (C=O) groups excluding carboxylic acids is 1. The molecule has 0 aromatic rings. The second kappa shape index (κ2) is 8.15. The van der Waals surface area contributed by atoms with Gasteiger partial charge in [-0.05, 0) is 43.4 Å². The number of quaternary nitrogens is 1. The van der Waals surface area contributed by atoms with Gasteiger partial charge in [0.25, 0.3) is 0 Å². The number of rotatable bonds is 3. The Kier molecular flexibility index (Phi) is 5.87. The van der Waals surface area contributed by atoms with Gasteiger partial charge in [0.05, 0.1) is 6.54 Å². The van der Waals surface area contributed by atoms with Crippen LogP contribution in [0.4, 0.5) is 0 Å². The Morgan fingerprint density at radius 1 is 1.12 bits per heavy atom. The van der Waals surface area contributed by atoms with Crippen LogP contribution in [0.25, 0.3) is 0 Å².